The fraction of sp³-hybridized carbons (Fsp3) is 0.409. The van der Waals surface area contributed by atoms with Crippen molar-refractivity contribution in [1.29, 1.82) is 0 Å². The summed E-state index contributed by atoms with van der Waals surface area (Å²) in [6.07, 6.45) is 1.58. The first-order chi connectivity index (χ1) is 12.3. The monoisotopic (exact) mass is 352 g/mol. The molecule has 1 saturated carbocycles. The zero-order valence-electron chi connectivity index (χ0n) is 16.1. The van der Waals surface area contributed by atoms with Crippen LogP contribution in [-0.2, 0) is 17.9 Å². The van der Waals surface area contributed by atoms with E-state index >= 15 is 0 Å². The highest BCUT2D eigenvalue weighted by Crippen LogP contribution is 2.34. The number of hydrogen-bond acceptors (Lipinski definition) is 3. The van der Waals surface area contributed by atoms with Crippen LogP contribution in [0.2, 0.25) is 0 Å². The maximum absolute atomic E-state index is 12.3. The molecular formula is C22H28N2O2. The van der Waals surface area contributed by atoms with E-state index in [-0.39, 0.29) is 5.91 Å². The Bertz CT molecular complexity index is 802. The number of amides is 1. The van der Waals surface area contributed by atoms with Gasteiger partial charge in [0.2, 0.25) is 5.91 Å². The molecule has 1 aliphatic rings. The van der Waals surface area contributed by atoms with Crippen molar-refractivity contribution in [3.63, 3.8) is 0 Å². The first kappa shape index (κ1) is 18.5. The maximum Gasteiger partial charge on any atom is 0.242 e. The molecule has 1 amide bonds. The summed E-state index contributed by atoms with van der Waals surface area (Å²) in [5, 5.41) is 0. The third-order valence-electron chi connectivity index (χ3n) is 5.13. The van der Waals surface area contributed by atoms with E-state index in [0.717, 1.165) is 35.3 Å². The number of nitrogens with two attached hydrogens (primary N) is 1. The van der Waals surface area contributed by atoms with Crippen molar-refractivity contribution in [2.24, 2.45) is 5.73 Å². The Labute approximate surface area is 156 Å². The maximum atomic E-state index is 12.3. The number of carbonyl (C=O) groups excluding carboxylic acids is 1. The summed E-state index contributed by atoms with van der Waals surface area (Å²) in [7, 11) is 1.82. The van der Waals surface area contributed by atoms with Crippen molar-refractivity contribution < 1.29 is 9.53 Å². The van der Waals surface area contributed by atoms with Crippen LogP contribution in [-0.4, -0.2) is 23.4 Å². The Balaban J connectivity index is 1.70. The third kappa shape index (κ3) is 3.91. The molecular weight excluding hydrogens is 324 g/mol. The minimum atomic E-state index is -0.616. The van der Waals surface area contributed by atoms with Crippen LogP contribution in [0, 0.1) is 20.8 Å². The van der Waals surface area contributed by atoms with Crippen LogP contribution < -0.4 is 10.5 Å². The Kier molecular flexibility index (Phi) is 5.05. The summed E-state index contributed by atoms with van der Waals surface area (Å²) >= 11 is 0. The Morgan fingerprint density at radius 2 is 1.73 bits per heavy atom. The predicted octanol–water partition coefficient (Wildman–Crippen LogP) is 3.64. The molecule has 1 aliphatic carbocycles. The first-order valence-electron chi connectivity index (χ1n) is 9.12. The van der Waals surface area contributed by atoms with E-state index in [2.05, 4.69) is 45.0 Å². The Morgan fingerprint density at radius 1 is 1.12 bits per heavy atom. The molecule has 0 saturated heterocycles. The number of hydrogen-bond donors (Lipinski definition) is 1. The van der Waals surface area contributed by atoms with Gasteiger partial charge in [0, 0.05) is 13.6 Å². The van der Waals surface area contributed by atoms with E-state index in [4.69, 9.17) is 10.5 Å². The number of likely N-dealkylation sites (N-methyl/N-ethyl adjacent to an activating group) is 1. The van der Waals surface area contributed by atoms with Crippen LogP contribution >= 0.6 is 0 Å². The molecule has 138 valence electrons. The van der Waals surface area contributed by atoms with Gasteiger partial charge in [-0.1, -0.05) is 36.4 Å². The summed E-state index contributed by atoms with van der Waals surface area (Å²) in [5.41, 5.74) is 11.1. The summed E-state index contributed by atoms with van der Waals surface area (Å²) in [6.45, 7) is 7.32. The lowest BCUT2D eigenvalue weighted by Gasteiger charge is -2.22. The molecule has 0 radical (unpaired) electrons. The average Bonchev–Trinajstić information content (AvgIpc) is 3.33. The normalized spacial score (nSPS) is 14.8. The number of ether oxygens (including phenoxy) is 1. The van der Waals surface area contributed by atoms with Gasteiger partial charge in [0.1, 0.15) is 12.4 Å². The second-order valence-corrected chi connectivity index (χ2v) is 7.59. The van der Waals surface area contributed by atoms with Gasteiger partial charge >= 0.3 is 0 Å². The topological polar surface area (TPSA) is 55.6 Å². The lowest BCUT2D eigenvalue weighted by atomic mass is 10.0. The van der Waals surface area contributed by atoms with Crippen LogP contribution in [0.4, 0.5) is 0 Å². The Morgan fingerprint density at radius 3 is 2.31 bits per heavy atom. The van der Waals surface area contributed by atoms with Crippen molar-refractivity contribution >= 4 is 5.91 Å². The van der Waals surface area contributed by atoms with Gasteiger partial charge in [-0.3, -0.25) is 4.79 Å². The molecule has 0 aliphatic heterocycles. The van der Waals surface area contributed by atoms with Gasteiger partial charge in [0.15, 0.2) is 0 Å². The lowest BCUT2D eigenvalue weighted by molar-refractivity contribution is -0.132. The molecule has 2 aromatic rings. The molecule has 0 atom stereocenters. The van der Waals surface area contributed by atoms with Crippen molar-refractivity contribution in [1.82, 2.24) is 4.90 Å². The third-order valence-corrected chi connectivity index (χ3v) is 5.13. The summed E-state index contributed by atoms with van der Waals surface area (Å²) in [4.78, 5) is 14.1. The van der Waals surface area contributed by atoms with Gasteiger partial charge in [-0.25, -0.2) is 0 Å². The van der Waals surface area contributed by atoms with Gasteiger partial charge in [-0.05, 0) is 61.4 Å². The second kappa shape index (κ2) is 7.12. The highest BCUT2D eigenvalue weighted by atomic mass is 16.5. The van der Waals surface area contributed by atoms with E-state index in [1.165, 1.54) is 11.1 Å². The fourth-order valence-corrected chi connectivity index (χ4v) is 3.36. The van der Waals surface area contributed by atoms with E-state index in [9.17, 15) is 4.79 Å². The standard InChI is InChI=1S/C22H28N2O2/c1-15-7-5-6-8-19(15)14-26-20-16(2)11-18(12-17(20)3)13-24(4)21(25)22(23)9-10-22/h5-8,11-12H,9-10,13-14,23H2,1-4H3. The lowest BCUT2D eigenvalue weighted by Crippen LogP contribution is -2.43. The van der Waals surface area contributed by atoms with Crippen LogP contribution in [0.25, 0.3) is 0 Å². The zero-order chi connectivity index (χ0) is 18.9. The number of nitrogens with zero attached hydrogens (tertiary/aromatic N) is 1. The molecule has 2 N–H and O–H groups in total. The summed E-state index contributed by atoms with van der Waals surface area (Å²) in [6, 6.07) is 12.5. The smallest absolute Gasteiger partial charge is 0.242 e. The molecule has 4 heteroatoms. The molecule has 0 spiro atoms. The Hall–Kier alpha value is -2.33. The SMILES string of the molecule is Cc1ccccc1COc1c(C)cc(CN(C)C(=O)C2(N)CC2)cc1C. The molecule has 0 bridgehead atoms. The number of carbonyl (C=O) groups is 1. The number of rotatable bonds is 6. The van der Waals surface area contributed by atoms with Crippen LogP contribution in [0.5, 0.6) is 5.75 Å². The molecule has 0 aromatic heterocycles. The minimum Gasteiger partial charge on any atom is -0.488 e. The van der Waals surface area contributed by atoms with Crippen molar-refractivity contribution in [3.05, 3.63) is 64.2 Å². The highest BCUT2D eigenvalue weighted by Gasteiger charge is 2.47. The molecule has 4 nitrogen and oxygen atoms in total. The summed E-state index contributed by atoms with van der Waals surface area (Å²) < 4.78 is 6.11. The molecule has 3 rings (SSSR count). The first-order valence-corrected chi connectivity index (χ1v) is 9.12. The van der Waals surface area contributed by atoms with Crippen molar-refractivity contribution in [2.75, 3.05) is 7.05 Å². The molecule has 0 unspecified atom stereocenters. The molecule has 1 fully saturated rings. The number of aryl methyl sites for hydroxylation is 3. The highest BCUT2D eigenvalue weighted by molar-refractivity contribution is 5.88. The average molecular weight is 352 g/mol. The van der Waals surface area contributed by atoms with Crippen LogP contribution in [0.1, 0.15) is 40.7 Å². The van der Waals surface area contributed by atoms with Gasteiger partial charge in [0.25, 0.3) is 0 Å². The van der Waals surface area contributed by atoms with E-state index in [1.54, 1.807) is 4.90 Å². The van der Waals surface area contributed by atoms with E-state index < -0.39 is 5.54 Å². The molecule has 0 heterocycles. The fourth-order valence-electron chi connectivity index (χ4n) is 3.36. The van der Waals surface area contributed by atoms with Crippen molar-refractivity contribution in [2.45, 2.75) is 52.3 Å². The number of benzene rings is 2. The molecule has 26 heavy (non-hydrogen) atoms. The zero-order valence-corrected chi connectivity index (χ0v) is 16.1. The van der Waals surface area contributed by atoms with E-state index in [1.807, 2.05) is 19.2 Å². The summed E-state index contributed by atoms with van der Waals surface area (Å²) in [5.74, 6) is 0.955. The van der Waals surface area contributed by atoms with Gasteiger partial charge in [0.05, 0.1) is 5.54 Å². The quantitative estimate of drug-likeness (QED) is 0.863. The van der Waals surface area contributed by atoms with Gasteiger partial charge in [-0.15, -0.1) is 0 Å². The second-order valence-electron chi connectivity index (χ2n) is 7.59. The van der Waals surface area contributed by atoms with Crippen LogP contribution in [0.15, 0.2) is 36.4 Å². The van der Waals surface area contributed by atoms with Gasteiger partial charge in [-0.2, -0.15) is 0 Å². The predicted molar refractivity (Wildman–Crippen MR) is 104 cm³/mol. The van der Waals surface area contributed by atoms with Crippen molar-refractivity contribution in [3.8, 4) is 5.75 Å². The van der Waals surface area contributed by atoms with Gasteiger partial charge < -0.3 is 15.4 Å². The van der Waals surface area contributed by atoms with E-state index in [0.29, 0.717) is 13.2 Å². The minimum absolute atomic E-state index is 0.0349. The van der Waals surface area contributed by atoms with Crippen LogP contribution in [0.3, 0.4) is 0 Å². The largest absolute Gasteiger partial charge is 0.488 e. The molecule has 2 aromatic carbocycles.